The van der Waals surface area contributed by atoms with Gasteiger partial charge in [-0.3, -0.25) is 4.79 Å². The second-order valence-electron chi connectivity index (χ2n) is 4.53. The van der Waals surface area contributed by atoms with Crippen LogP contribution in [0.4, 0.5) is 5.69 Å². The maximum absolute atomic E-state index is 11.6. The summed E-state index contributed by atoms with van der Waals surface area (Å²) in [7, 11) is 2.83. The first-order chi connectivity index (χ1) is 11.0. The van der Waals surface area contributed by atoms with Crippen LogP contribution in [0.1, 0.15) is 20.7 Å². The molecule has 0 fully saturated rings. The van der Waals surface area contributed by atoms with Gasteiger partial charge in [0.05, 0.1) is 7.11 Å². The van der Waals surface area contributed by atoms with Crippen LogP contribution in [0.5, 0.6) is 5.75 Å². The van der Waals surface area contributed by atoms with E-state index in [9.17, 15) is 14.7 Å². The summed E-state index contributed by atoms with van der Waals surface area (Å²) in [6.07, 6.45) is 0. The molecule has 3 N–H and O–H groups in total. The Kier molecular flexibility index (Phi) is 5.48. The van der Waals surface area contributed by atoms with E-state index in [1.54, 1.807) is 31.3 Å². The Bertz CT molecular complexity index is 734. The summed E-state index contributed by atoms with van der Waals surface area (Å²) < 4.78 is 7.61. The monoisotopic (exact) mass is 332 g/mol. The second kappa shape index (κ2) is 7.55. The highest BCUT2D eigenvalue weighted by Crippen LogP contribution is 2.27. The zero-order valence-electron chi connectivity index (χ0n) is 12.6. The average Bonchev–Trinajstić information content (AvgIpc) is 2.59. The number of hydrogen-bond acceptors (Lipinski definition) is 6. The largest absolute Gasteiger partial charge is 0.507 e. The van der Waals surface area contributed by atoms with E-state index in [2.05, 4.69) is 14.8 Å². The van der Waals surface area contributed by atoms with E-state index in [0.29, 0.717) is 11.3 Å². The van der Waals surface area contributed by atoms with Crippen LogP contribution in [0.25, 0.3) is 0 Å². The molecule has 2 aromatic carbocycles. The Morgan fingerprint density at radius 2 is 1.96 bits per heavy atom. The zero-order chi connectivity index (χ0) is 16.8. The van der Waals surface area contributed by atoms with Crippen LogP contribution < -0.4 is 10.0 Å². The quantitative estimate of drug-likeness (QED) is 0.576. The Morgan fingerprint density at radius 3 is 2.61 bits per heavy atom. The molecular weight excluding hydrogens is 316 g/mol. The fraction of sp³-hybridized carbons (Fsp3) is 0.125. The van der Waals surface area contributed by atoms with Crippen molar-refractivity contribution in [2.45, 2.75) is 4.90 Å². The molecule has 0 saturated carbocycles. The maximum Gasteiger partial charge on any atom is 0.341 e. The minimum absolute atomic E-state index is 0.102. The van der Waals surface area contributed by atoms with Crippen molar-refractivity contribution in [1.82, 2.24) is 5.32 Å². The molecule has 0 spiro atoms. The molecule has 6 nitrogen and oxygen atoms in total. The molecule has 0 unspecified atom stereocenters. The van der Waals surface area contributed by atoms with E-state index in [4.69, 9.17) is 0 Å². The lowest BCUT2D eigenvalue weighted by atomic mass is 10.2. The van der Waals surface area contributed by atoms with Gasteiger partial charge in [-0.05, 0) is 42.3 Å². The van der Waals surface area contributed by atoms with Crippen LogP contribution >= 0.6 is 11.9 Å². The molecule has 120 valence electrons. The Hall–Kier alpha value is -2.67. The molecular formula is C16H16N2O4S. The van der Waals surface area contributed by atoms with Crippen LogP contribution in [-0.4, -0.2) is 31.1 Å². The minimum Gasteiger partial charge on any atom is -0.507 e. The highest BCUT2D eigenvalue weighted by molar-refractivity contribution is 8.00. The van der Waals surface area contributed by atoms with Gasteiger partial charge in [0.2, 0.25) is 0 Å². The Balaban J connectivity index is 2.08. The van der Waals surface area contributed by atoms with E-state index >= 15 is 0 Å². The van der Waals surface area contributed by atoms with Gasteiger partial charge in [-0.25, -0.2) is 4.79 Å². The predicted octanol–water partition coefficient (Wildman–Crippen LogP) is 2.66. The number of esters is 1. The molecule has 7 heteroatoms. The van der Waals surface area contributed by atoms with Gasteiger partial charge < -0.3 is 19.9 Å². The van der Waals surface area contributed by atoms with Gasteiger partial charge in [-0.1, -0.05) is 6.07 Å². The minimum atomic E-state index is -0.597. The molecule has 0 aliphatic heterocycles. The molecule has 2 rings (SSSR count). The van der Waals surface area contributed by atoms with E-state index in [1.165, 1.54) is 31.2 Å². The summed E-state index contributed by atoms with van der Waals surface area (Å²) in [5.74, 6) is -0.922. The second-order valence-corrected chi connectivity index (χ2v) is 5.41. The van der Waals surface area contributed by atoms with Crippen molar-refractivity contribution in [3.63, 3.8) is 0 Å². The first kappa shape index (κ1) is 16.7. The standard InChI is InChI=1S/C16H16N2O4S/c1-17-15(20)10-4-3-5-12(8-10)23-18-11-6-7-13(14(19)9-11)16(21)22-2/h3-9,18-19H,1-2H3,(H,17,20). The molecule has 0 radical (unpaired) electrons. The third-order valence-electron chi connectivity index (χ3n) is 3.01. The fourth-order valence-electron chi connectivity index (χ4n) is 1.84. The normalized spacial score (nSPS) is 10.0. The average molecular weight is 332 g/mol. The highest BCUT2D eigenvalue weighted by atomic mass is 32.2. The number of aromatic hydroxyl groups is 1. The lowest BCUT2D eigenvalue weighted by Gasteiger charge is -2.09. The van der Waals surface area contributed by atoms with Gasteiger partial charge in [-0.2, -0.15) is 0 Å². The molecule has 0 aliphatic carbocycles. The third kappa shape index (κ3) is 4.17. The number of hydrogen-bond donors (Lipinski definition) is 3. The van der Waals surface area contributed by atoms with Gasteiger partial charge in [-0.15, -0.1) is 0 Å². The van der Waals surface area contributed by atoms with Crippen molar-refractivity contribution in [3.8, 4) is 5.75 Å². The molecule has 23 heavy (non-hydrogen) atoms. The SMILES string of the molecule is CNC(=O)c1cccc(SNc2ccc(C(=O)OC)c(O)c2)c1. The van der Waals surface area contributed by atoms with Gasteiger partial charge in [0.25, 0.3) is 5.91 Å². The molecule has 1 amide bonds. The van der Waals surface area contributed by atoms with Crippen LogP contribution in [0.3, 0.4) is 0 Å². The van der Waals surface area contributed by atoms with Crippen molar-refractivity contribution in [2.75, 3.05) is 18.9 Å². The van der Waals surface area contributed by atoms with E-state index in [-0.39, 0.29) is 17.2 Å². The number of carbonyl (C=O) groups is 2. The molecule has 0 aromatic heterocycles. The Morgan fingerprint density at radius 1 is 1.17 bits per heavy atom. The first-order valence-electron chi connectivity index (χ1n) is 6.71. The van der Waals surface area contributed by atoms with Crippen LogP contribution in [0.2, 0.25) is 0 Å². The summed E-state index contributed by atoms with van der Waals surface area (Å²) >= 11 is 1.29. The topological polar surface area (TPSA) is 87.7 Å². The molecule has 0 heterocycles. The number of anilines is 1. The number of nitrogens with one attached hydrogen (secondary N) is 2. The maximum atomic E-state index is 11.6. The summed E-state index contributed by atoms with van der Waals surface area (Å²) in [6, 6.07) is 11.7. The number of amides is 1. The van der Waals surface area contributed by atoms with Gasteiger partial charge >= 0.3 is 5.97 Å². The number of ether oxygens (including phenoxy) is 1. The fourth-order valence-corrected chi connectivity index (χ4v) is 2.54. The number of phenols is 1. The van der Waals surface area contributed by atoms with Gasteiger partial charge in [0, 0.05) is 29.3 Å². The number of benzene rings is 2. The molecule has 0 atom stereocenters. The van der Waals surface area contributed by atoms with Crippen molar-refractivity contribution < 1.29 is 19.4 Å². The third-order valence-corrected chi connectivity index (χ3v) is 3.84. The van der Waals surface area contributed by atoms with Crippen LogP contribution in [-0.2, 0) is 4.74 Å². The summed E-state index contributed by atoms with van der Waals surface area (Å²) in [6.45, 7) is 0. The lowest BCUT2D eigenvalue weighted by Crippen LogP contribution is -2.17. The van der Waals surface area contributed by atoms with Crippen molar-refractivity contribution in [3.05, 3.63) is 53.6 Å². The van der Waals surface area contributed by atoms with Crippen molar-refractivity contribution in [2.24, 2.45) is 0 Å². The van der Waals surface area contributed by atoms with Crippen molar-refractivity contribution >= 4 is 29.5 Å². The summed E-state index contributed by atoms with van der Waals surface area (Å²) in [4.78, 5) is 23.8. The Labute approximate surface area is 138 Å². The van der Waals surface area contributed by atoms with E-state index in [0.717, 1.165) is 4.90 Å². The van der Waals surface area contributed by atoms with Crippen molar-refractivity contribution in [1.29, 1.82) is 0 Å². The van der Waals surface area contributed by atoms with Gasteiger partial charge in [0.1, 0.15) is 11.3 Å². The van der Waals surface area contributed by atoms with Crippen LogP contribution in [0, 0.1) is 0 Å². The smallest absolute Gasteiger partial charge is 0.341 e. The number of methoxy groups -OCH3 is 1. The predicted molar refractivity (Wildman–Crippen MR) is 88.8 cm³/mol. The molecule has 0 bridgehead atoms. The summed E-state index contributed by atoms with van der Waals surface area (Å²) in [5, 5.41) is 12.4. The van der Waals surface area contributed by atoms with Crippen LogP contribution in [0.15, 0.2) is 47.4 Å². The lowest BCUT2D eigenvalue weighted by molar-refractivity contribution is 0.0597. The number of rotatable bonds is 5. The van der Waals surface area contributed by atoms with Gasteiger partial charge in [0.15, 0.2) is 0 Å². The molecule has 0 aliphatic rings. The summed E-state index contributed by atoms with van der Waals surface area (Å²) in [5.41, 5.74) is 1.28. The number of phenolic OH excluding ortho intramolecular Hbond substituents is 1. The molecule has 0 saturated heterocycles. The van der Waals surface area contributed by atoms with E-state index in [1.807, 2.05) is 6.07 Å². The highest BCUT2D eigenvalue weighted by Gasteiger charge is 2.11. The number of carbonyl (C=O) groups excluding carboxylic acids is 2. The van der Waals surface area contributed by atoms with E-state index < -0.39 is 5.97 Å². The first-order valence-corrected chi connectivity index (χ1v) is 7.53. The zero-order valence-corrected chi connectivity index (χ0v) is 13.4. The molecule has 2 aromatic rings.